The van der Waals surface area contributed by atoms with Gasteiger partial charge < -0.3 is 5.32 Å². The third-order valence-electron chi connectivity index (χ3n) is 5.32. The summed E-state index contributed by atoms with van der Waals surface area (Å²) in [4.78, 5) is 26.0. The second-order valence-corrected chi connectivity index (χ2v) is 7.15. The van der Waals surface area contributed by atoms with Crippen molar-refractivity contribution >= 4 is 0 Å². The van der Waals surface area contributed by atoms with Crippen LogP contribution in [0.3, 0.4) is 0 Å². The van der Waals surface area contributed by atoms with Gasteiger partial charge in [-0.1, -0.05) is 0 Å². The zero-order chi connectivity index (χ0) is 22.3. The second kappa shape index (κ2) is 7.55. The van der Waals surface area contributed by atoms with Gasteiger partial charge in [-0.2, -0.15) is 10.4 Å². The molecule has 11 heteroatoms. The van der Waals surface area contributed by atoms with Gasteiger partial charge in [-0.05, 0) is 50.2 Å². The fourth-order valence-electron chi connectivity index (χ4n) is 3.88. The summed E-state index contributed by atoms with van der Waals surface area (Å²) < 4.78 is 43.2. The molecule has 1 N–H and O–H groups in total. The molecule has 160 valence electrons. The van der Waals surface area contributed by atoms with Gasteiger partial charge in [0.2, 0.25) is 0 Å². The van der Waals surface area contributed by atoms with Crippen LogP contribution in [-0.4, -0.2) is 32.0 Å². The highest BCUT2D eigenvalue weighted by Crippen LogP contribution is 2.28. The van der Waals surface area contributed by atoms with Crippen LogP contribution in [0.5, 0.6) is 0 Å². The van der Waals surface area contributed by atoms with Crippen molar-refractivity contribution in [3.63, 3.8) is 0 Å². The number of nitrogens with one attached hydrogen (secondary N) is 1. The van der Waals surface area contributed by atoms with Crippen LogP contribution in [0.4, 0.5) is 13.2 Å². The maximum atomic E-state index is 13.8. The lowest BCUT2D eigenvalue weighted by atomic mass is 10.1. The molecule has 31 heavy (non-hydrogen) atoms. The molecule has 0 radical (unpaired) electrons. The first-order valence-corrected chi connectivity index (χ1v) is 9.45. The molecule has 0 aliphatic carbocycles. The van der Waals surface area contributed by atoms with E-state index in [0.717, 1.165) is 6.92 Å². The summed E-state index contributed by atoms with van der Waals surface area (Å²) in [5.74, 6) is 0. The molecule has 1 atom stereocenters. The summed E-state index contributed by atoms with van der Waals surface area (Å²) in [7, 11) is 0. The van der Waals surface area contributed by atoms with Crippen LogP contribution >= 0.6 is 0 Å². The van der Waals surface area contributed by atoms with Gasteiger partial charge in [0.15, 0.2) is 0 Å². The Morgan fingerprint density at radius 3 is 2.48 bits per heavy atom. The smallest absolute Gasteiger partial charge is 0.315 e. The molecule has 3 aromatic rings. The minimum Gasteiger partial charge on any atom is -0.315 e. The van der Waals surface area contributed by atoms with Crippen molar-refractivity contribution in [2.75, 3.05) is 13.1 Å². The summed E-state index contributed by atoms with van der Waals surface area (Å²) >= 11 is 0. The lowest BCUT2D eigenvalue weighted by molar-refractivity contribution is -0.208. The van der Waals surface area contributed by atoms with Gasteiger partial charge in [0, 0.05) is 12.2 Å². The number of hydrogen-bond donors (Lipinski definition) is 1. The lowest BCUT2D eigenvalue weighted by Gasteiger charge is -2.21. The fourth-order valence-corrected chi connectivity index (χ4v) is 3.88. The van der Waals surface area contributed by atoms with Crippen molar-refractivity contribution in [3.8, 4) is 23.0 Å². The summed E-state index contributed by atoms with van der Waals surface area (Å²) in [5.41, 5.74) is -2.01. The molecule has 0 saturated carbocycles. The lowest BCUT2D eigenvalue weighted by Crippen LogP contribution is -2.48. The van der Waals surface area contributed by atoms with E-state index in [1.54, 1.807) is 12.1 Å². The maximum absolute atomic E-state index is 13.8. The highest BCUT2D eigenvalue weighted by atomic mass is 19.4. The SMILES string of the molecule is Cc1c(-c2ccnn2-c2ccc(C#N)cc2)c(=O)n(C2CCNC2)c(=O)n1C(F)(F)F. The van der Waals surface area contributed by atoms with Gasteiger partial charge in [0.1, 0.15) is 0 Å². The molecule has 1 aliphatic heterocycles. The highest BCUT2D eigenvalue weighted by Gasteiger charge is 2.38. The minimum atomic E-state index is -5.00. The fraction of sp³-hybridized carbons (Fsp3) is 0.300. The van der Waals surface area contributed by atoms with E-state index in [0.29, 0.717) is 28.8 Å². The predicted molar refractivity (Wildman–Crippen MR) is 105 cm³/mol. The van der Waals surface area contributed by atoms with Crippen molar-refractivity contribution in [1.82, 2.24) is 24.2 Å². The number of benzene rings is 1. The molecule has 0 amide bonds. The van der Waals surface area contributed by atoms with Gasteiger partial charge in [-0.25, -0.2) is 14.0 Å². The van der Waals surface area contributed by atoms with Crippen LogP contribution in [0.2, 0.25) is 0 Å². The van der Waals surface area contributed by atoms with E-state index in [4.69, 9.17) is 5.26 Å². The van der Waals surface area contributed by atoms with Crippen LogP contribution in [0.1, 0.15) is 23.7 Å². The third kappa shape index (κ3) is 3.44. The van der Waals surface area contributed by atoms with Gasteiger partial charge in [0.25, 0.3) is 5.56 Å². The molecule has 0 spiro atoms. The van der Waals surface area contributed by atoms with E-state index < -0.39 is 29.3 Å². The first kappa shape index (κ1) is 20.6. The molecule has 1 aromatic carbocycles. The van der Waals surface area contributed by atoms with E-state index >= 15 is 0 Å². The van der Waals surface area contributed by atoms with Crippen LogP contribution < -0.4 is 16.6 Å². The van der Waals surface area contributed by atoms with E-state index in [1.807, 2.05) is 6.07 Å². The molecule has 3 heterocycles. The number of nitriles is 1. The van der Waals surface area contributed by atoms with Crippen molar-refractivity contribution in [1.29, 1.82) is 5.26 Å². The number of rotatable bonds is 3. The molecule has 4 rings (SSSR count). The number of halogens is 3. The summed E-state index contributed by atoms with van der Waals surface area (Å²) in [6.07, 6.45) is -3.28. The zero-order valence-electron chi connectivity index (χ0n) is 16.3. The van der Waals surface area contributed by atoms with Gasteiger partial charge in [-0.3, -0.25) is 9.36 Å². The van der Waals surface area contributed by atoms with Crippen molar-refractivity contribution in [2.24, 2.45) is 0 Å². The average molecular weight is 430 g/mol. The first-order valence-electron chi connectivity index (χ1n) is 9.45. The van der Waals surface area contributed by atoms with E-state index in [-0.39, 0.29) is 22.4 Å². The third-order valence-corrected chi connectivity index (χ3v) is 5.32. The van der Waals surface area contributed by atoms with Crippen molar-refractivity contribution < 1.29 is 13.2 Å². The second-order valence-electron chi connectivity index (χ2n) is 7.15. The molecular formula is C20H17F3N6O2. The van der Waals surface area contributed by atoms with Gasteiger partial charge in [0.05, 0.1) is 40.8 Å². The summed E-state index contributed by atoms with van der Waals surface area (Å²) in [6, 6.07) is 8.94. The Balaban J connectivity index is 2.01. The largest absolute Gasteiger partial charge is 0.492 e. The average Bonchev–Trinajstić information content (AvgIpc) is 3.39. The van der Waals surface area contributed by atoms with Gasteiger partial charge in [-0.15, -0.1) is 13.2 Å². The Hall–Kier alpha value is -3.65. The van der Waals surface area contributed by atoms with E-state index in [2.05, 4.69) is 10.4 Å². The zero-order valence-corrected chi connectivity index (χ0v) is 16.3. The number of hydrogen-bond acceptors (Lipinski definition) is 5. The molecule has 1 saturated heterocycles. The quantitative estimate of drug-likeness (QED) is 0.686. The standard InChI is InChI=1S/C20H17F3N6O2/c1-12-17(16-7-9-26-29(16)14-4-2-13(10-24)3-5-14)18(30)27(15-6-8-25-11-15)19(31)28(12)20(21,22)23/h2-5,7,9,15,25H,6,8,11H2,1H3. The Bertz CT molecular complexity index is 1290. The normalized spacial score (nSPS) is 16.4. The van der Waals surface area contributed by atoms with E-state index in [1.165, 1.54) is 29.1 Å². The molecule has 8 nitrogen and oxygen atoms in total. The van der Waals surface area contributed by atoms with Crippen LogP contribution in [0.25, 0.3) is 16.9 Å². The summed E-state index contributed by atoms with van der Waals surface area (Å²) in [6.45, 7) is 1.82. The van der Waals surface area contributed by atoms with Crippen LogP contribution in [0.15, 0.2) is 46.1 Å². The number of aromatic nitrogens is 4. The Morgan fingerprint density at radius 2 is 1.90 bits per heavy atom. The molecular weight excluding hydrogens is 413 g/mol. The van der Waals surface area contributed by atoms with Crippen molar-refractivity contribution in [3.05, 3.63) is 68.6 Å². The minimum absolute atomic E-state index is 0.116. The molecule has 2 aromatic heterocycles. The summed E-state index contributed by atoms with van der Waals surface area (Å²) in [5, 5.41) is 16.1. The van der Waals surface area contributed by atoms with Gasteiger partial charge >= 0.3 is 12.0 Å². The highest BCUT2D eigenvalue weighted by molar-refractivity contribution is 5.63. The Labute approximate surface area is 173 Å². The van der Waals surface area contributed by atoms with Crippen LogP contribution in [-0.2, 0) is 6.30 Å². The maximum Gasteiger partial charge on any atom is 0.492 e. The predicted octanol–water partition coefficient (Wildman–Crippen LogP) is 2.05. The number of nitrogens with zero attached hydrogens (tertiary/aromatic N) is 5. The monoisotopic (exact) mass is 430 g/mol. The molecule has 1 fully saturated rings. The number of alkyl halides is 3. The molecule has 0 bridgehead atoms. The van der Waals surface area contributed by atoms with Crippen LogP contribution in [0, 0.1) is 18.3 Å². The van der Waals surface area contributed by atoms with E-state index in [9.17, 15) is 22.8 Å². The Kier molecular flexibility index (Phi) is 5.02. The van der Waals surface area contributed by atoms with Crippen molar-refractivity contribution in [2.45, 2.75) is 25.7 Å². The molecule has 1 unspecified atom stereocenters. The molecule has 1 aliphatic rings. The Morgan fingerprint density at radius 1 is 1.19 bits per heavy atom. The topological polar surface area (TPSA) is 97.6 Å². The first-order chi connectivity index (χ1) is 14.7.